The molecule has 1 aliphatic heterocycles. The molecule has 0 aromatic heterocycles. The number of carbonyl (C=O) groups excluding carboxylic acids is 1. The van der Waals surface area contributed by atoms with E-state index in [0.29, 0.717) is 18.4 Å². The highest BCUT2D eigenvalue weighted by Gasteiger charge is 2.19. The Labute approximate surface area is 74.9 Å². The summed E-state index contributed by atoms with van der Waals surface area (Å²) in [6, 6.07) is 0.472. The van der Waals surface area contributed by atoms with Crippen molar-refractivity contribution < 1.29 is 4.79 Å². The van der Waals surface area contributed by atoms with Crippen LogP contribution in [0.2, 0.25) is 0 Å². The first-order valence-electron chi connectivity index (χ1n) is 5.05. The van der Waals surface area contributed by atoms with Crippen molar-refractivity contribution >= 4 is 5.91 Å². The zero-order valence-corrected chi connectivity index (χ0v) is 8.18. The highest BCUT2D eigenvalue weighted by Crippen LogP contribution is 2.16. The summed E-state index contributed by atoms with van der Waals surface area (Å²) in [5, 5.41) is 0. The third kappa shape index (κ3) is 2.23. The highest BCUT2D eigenvalue weighted by molar-refractivity contribution is 5.76. The van der Waals surface area contributed by atoms with Crippen LogP contribution in [0.3, 0.4) is 0 Å². The van der Waals surface area contributed by atoms with Crippen LogP contribution in [0.4, 0.5) is 0 Å². The first-order valence-corrected chi connectivity index (χ1v) is 5.05. The molecule has 1 saturated heterocycles. The molecule has 1 rings (SSSR count). The van der Waals surface area contributed by atoms with Gasteiger partial charge in [-0.1, -0.05) is 19.8 Å². The van der Waals surface area contributed by atoms with Gasteiger partial charge in [-0.05, 0) is 19.8 Å². The second kappa shape index (κ2) is 4.48. The van der Waals surface area contributed by atoms with E-state index in [1.165, 1.54) is 25.7 Å². The minimum atomic E-state index is 0.324. The van der Waals surface area contributed by atoms with Crippen LogP contribution in [0.25, 0.3) is 0 Å². The second-order valence-electron chi connectivity index (χ2n) is 3.64. The molecule has 2 nitrogen and oxygen atoms in total. The zero-order valence-electron chi connectivity index (χ0n) is 8.18. The third-order valence-electron chi connectivity index (χ3n) is 2.68. The molecule has 1 heterocycles. The summed E-state index contributed by atoms with van der Waals surface area (Å²) in [4.78, 5) is 13.5. The largest absolute Gasteiger partial charge is 0.340 e. The second-order valence-corrected chi connectivity index (χ2v) is 3.64. The molecule has 1 fully saturated rings. The van der Waals surface area contributed by atoms with E-state index in [0.717, 1.165) is 6.54 Å². The monoisotopic (exact) mass is 169 g/mol. The van der Waals surface area contributed by atoms with E-state index >= 15 is 0 Å². The van der Waals surface area contributed by atoms with Crippen LogP contribution < -0.4 is 0 Å². The van der Waals surface area contributed by atoms with Gasteiger partial charge in [-0.25, -0.2) is 0 Å². The van der Waals surface area contributed by atoms with Gasteiger partial charge in [0, 0.05) is 19.0 Å². The smallest absolute Gasteiger partial charge is 0.222 e. The first kappa shape index (κ1) is 9.56. The maximum Gasteiger partial charge on any atom is 0.222 e. The molecular formula is C10H19NO. The summed E-state index contributed by atoms with van der Waals surface area (Å²) in [6.45, 7) is 5.09. The van der Waals surface area contributed by atoms with Crippen molar-refractivity contribution in [1.82, 2.24) is 4.90 Å². The number of carbonyl (C=O) groups is 1. The Hall–Kier alpha value is -0.530. The van der Waals surface area contributed by atoms with Crippen LogP contribution in [0.5, 0.6) is 0 Å². The summed E-state index contributed by atoms with van der Waals surface area (Å²) in [7, 11) is 0. The lowest BCUT2D eigenvalue weighted by Gasteiger charge is -2.26. The van der Waals surface area contributed by atoms with Gasteiger partial charge in [-0.2, -0.15) is 0 Å². The maximum absolute atomic E-state index is 11.5. The lowest BCUT2D eigenvalue weighted by Crippen LogP contribution is -2.37. The predicted octanol–water partition coefficient (Wildman–Crippen LogP) is 2.19. The fourth-order valence-electron chi connectivity index (χ4n) is 1.85. The minimum Gasteiger partial charge on any atom is -0.340 e. The van der Waals surface area contributed by atoms with Crippen LogP contribution in [0.15, 0.2) is 0 Å². The van der Waals surface area contributed by atoms with E-state index in [1.807, 2.05) is 11.8 Å². The van der Waals surface area contributed by atoms with Crippen LogP contribution in [-0.4, -0.2) is 23.4 Å². The summed E-state index contributed by atoms with van der Waals surface area (Å²) in [5.41, 5.74) is 0. The van der Waals surface area contributed by atoms with Crippen molar-refractivity contribution in [3.05, 3.63) is 0 Å². The average molecular weight is 169 g/mol. The van der Waals surface area contributed by atoms with Crippen LogP contribution in [0, 0.1) is 0 Å². The molecule has 0 spiro atoms. The summed E-state index contributed by atoms with van der Waals surface area (Å²) >= 11 is 0. The molecule has 0 aromatic carbocycles. The summed E-state index contributed by atoms with van der Waals surface area (Å²) in [6.07, 6.45) is 5.61. The minimum absolute atomic E-state index is 0.324. The number of rotatable bonds is 1. The van der Waals surface area contributed by atoms with Gasteiger partial charge in [0.2, 0.25) is 5.91 Å². The van der Waals surface area contributed by atoms with Crippen molar-refractivity contribution in [1.29, 1.82) is 0 Å². The number of hydrogen-bond acceptors (Lipinski definition) is 1. The van der Waals surface area contributed by atoms with Crippen molar-refractivity contribution in [3.8, 4) is 0 Å². The number of hydrogen-bond donors (Lipinski definition) is 0. The van der Waals surface area contributed by atoms with Crippen molar-refractivity contribution in [3.63, 3.8) is 0 Å². The first-order chi connectivity index (χ1) is 5.75. The molecule has 0 N–H and O–H groups in total. The maximum atomic E-state index is 11.5. The van der Waals surface area contributed by atoms with Crippen molar-refractivity contribution in [2.75, 3.05) is 6.54 Å². The van der Waals surface area contributed by atoms with Crippen LogP contribution in [0.1, 0.15) is 46.0 Å². The van der Waals surface area contributed by atoms with Gasteiger partial charge in [0.05, 0.1) is 0 Å². The van der Waals surface area contributed by atoms with E-state index in [4.69, 9.17) is 0 Å². The summed E-state index contributed by atoms with van der Waals surface area (Å²) in [5.74, 6) is 0.324. The Morgan fingerprint density at radius 1 is 1.42 bits per heavy atom. The molecule has 1 unspecified atom stereocenters. The molecule has 12 heavy (non-hydrogen) atoms. The van der Waals surface area contributed by atoms with Gasteiger partial charge in [-0.15, -0.1) is 0 Å². The van der Waals surface area contributed by atoms with Crippen molar-refractivity contribution in [2.45, 2.75) is 52.0 Å². The van der Waals surface area contributed by atoms with E-state index < -0.39 is 0 Å². The molecule has 0 aliphatic carbocycles. The topological polar surface area (TPSA) is 20.3 Å². The average Bonchev–Trinajstić information content (AvgIpc) is 2.28. The molecule has 0 radical (unpaired) electrons. The number of nitrogens with zero attached hydrogens (tertiary/aromatic N) is 1. The molecular weight excluding hydrogens is 150 g/mol. The Bertz CT molecular complexity index is 156. The van der Waals surface area contributed by atoms with E-state index in [2.05, 4.69) is 6.92 Å². The van der Waals surface area contributed by atoms with Crippen LogP contribution in [-0.2, 0) is 4.79 Å². The Kier molecular flexibility index (Phi) is 3.57. The normalized spacial score (nSPS) is 25.2. The SMILES string of the molecule is CCC(=O)N1CCCCCC1C. The van der Waals surface area contributed by atoms with E-state index in [-0.39, 0.29) is 0 Å². The summed E-state index contributed by atoms with van der Waals surface area (Å²) < 4.78 is 0. The Morgan fingerprint density at radius 3 is 2.83 bits per heavy atom. The molecule has 70 valence electrons. The fourth-order valence-corrected chi connectivity index (χ4v) is 1.85. The molecule has 0 saturated carbocycles. The standard InChI is InChI=1S/C10H19NO/c1-3-10(12)11-8-6-4-5-7-9(11)2/h9H,3-8H2,1-2H3. The zero-order chi connectivity index (χ0) is 8.97. The molecule has 2 heteroatoms. The van der Waals surface area contributed by atoms with Gasteiger partial charge < -0.3 is 4.90 Å². The molecule has 1 amide bonds. The van der Waals surface area contributed by atoms with Crippen molar-refractivity contribution in [2.24, 2.45) is 0 Å². The molecule has 1 aliphatic rings. The number of amides is 1. The molecule has 0 bridgehead atoms. The Morgan fingerprint density at radius 2 is 2.17 bits per heavy atom. The van der Waals surface area contributed by atoms with Gasteiger partial charge >= 0.3 is 0 Å². The highest BCUT2D eigenvalue weighted by atomic mass is 16.2. The van der Waals surface area contributed by atoms with Crippen LogP contribution >= 0.6 is 0 Å². The fraction of sp³-hybridized carbons (Fsp3) is 0.900. The van der Waals surface area contributed by atoms with E-state index in [1.54, 1.807) is 0 Å². The van der Waals surface area contributed by atoms with Gasteiger partial charge in [0.15, 0.2) is 0 Å². The van der Waals surface area contributed by atoms with E-state index in [9.17, 15) is 4.79 Å². The quantitative estimate of drug-likeness (QED) is 0.589. The predicted molar refractivity (Wildman–Crippen MR) is 49.9 cm³/mol. The third-order valence-corrected chi connectivity index (χ3v) is 2.68. The molecule has 0 aromatic rings. The van der Waals surface area contributed by atoms with Gasteiger partial charge in [0.25, 0.3) is 0 Å². The lowest BCUT2D eigenvalue weighted by molar-refractivity contribution is -0.132. The van der Waals surface area contributed by atoms with Gasteiger partial charge in [-0.3, -0.25) is 4.79 Å². The Balaban J connectivity index is 2.52. The van der Waals surface area contributed by atoms with Gasteiger partial charge in [0.1, 0.15) is 0 Å². The number of likely N-dealkylation sites (tertiary alicyclic amines) is 1. The lowest BCUT2D eigenvalue weighted by atomic mass is 10.1. The molecule has 1 atom stereocenters.